The third kappa shape index (κ3) is 3.51. The smallest absolute Gasteiger partial charge is 0.340 e. The van der Waals surface area contributed by atoms with Crippen LogP contribution in [0.3, 0.4) is 0 Å². The monoisotopic (exact) mass is 414 g/mol. The van der Waals surface area contributed by atoms with Crippen LogP contribution in [0.1, 0.15) is 35.9 Å². The molecule has 1 unspecified atom stereocenters. The predicted octanol–water partition coefficient (Wildman–Crippen LogP) is 0.821. The van der Waals surface area contributed by atoms with E-state index in [1.807, 2.05) is 0 Å². The van der Waals surface area contributed by atoms with Crippen molar-refractivity contribution < 1.29 is 34.7 Å². The summed E-state index contributed by atoms with van der Waals surface area (Å²) < 4.78 is 10.4. The summed E-state index contributed by atoms with van der Waals surface area (Å²) in [7, 11) is 0. The molecular weight excluding hydrogens is 392 g/mol. The molecule has 2 aromatic carbocycles. The number of hydrogen-bond acceptors (Lipinski definition) is 9. The highest BCUT2D eigenvalue weighted by molar-refractivity contribution is 6.03. The quantitative estimate of drug-likeness (QED) is 0.362. The number of rotatable bonds is 3. The number of aliphatic hydroxyl groups is 4. The second-order valence-electron chi connectivity index (χ2n) is 7.37. The van der Waals surface area contributed by atoms with Gasteiger partial charge in [-0.3, -0.25) is 0 Å². The molecule has 6 atom stereocenters. The van der Waals surface area contributed by atoms with E-state index >= 15 is 0 Å². The van der Waals surface area contributed by atoms with E-state index in [1.165, 1.54) is 13.0 Å². The molecule has 1 aliphatic heterocycles. The Morgan fingerprint density at radius 1 is 1.03 bits per heavy atom. The summed E-state index contributed by atoms with van der Waals surface area (Å²) in [5, 5.41) is 40.2. The van der Waals surface area contributed by atoms with E-state index < -0.39 is 42.8 Å². The minimum absolute atomic E-state index is 0.0804. The molecule has 4 rings (SSSR count). The van der Waals surface area contributed by atoms with Crippen LogP contribution in [0.15, 0.2) is 36.4 Å². The zero-order valence-electron chi connectivity index (χ0n) is 16.3. The third-order valence-electron chi connectivity index (χ3n) is 5.24. The maximum absolute atomic E-state index is 12.8. The van der Waals surface area contributed by atoms with Crippen LogP contribution in [0.5, 0.6) is 0 Å². The zero-order chi connectivity index (χ0) is 21.6. The first-order valence-electron chi connectivity index (χ1n) is 9.56. The largest absolute Gasteiger partial charge is 0.450 e. The van der Waals surface area contributed by atoms with E-state index in [4.69, 9.17) is 9.47 Å². The number of para-hydroxylation sites is 2. The molecule has 9 nitrogen and oxygen atoms in total. The van der Waals surface area contributed by atoms with E-state index in [9.17, 15) is 25.2 Å². The van der Waals surface area contributed by atoms with Gasteiger partial charge in [0.25, 0.3) is 0 Å². The van der Waals surface area contributed by atoms with Gasteiger partial charge in [0.15, 0.2) is 12.4 Å². The number of nitrogens with zero attached hydrogens (tertiary/aromatic N) is 2. The van der Waals surface area contributed by atoms with Crippen molar-refractivity contribution in [3.05, 3.63) is 47.5 Å². The molecule has 0 spiro atoms. The van der Waals surface area contributed by atoms with Gasteiger partial charge in [0, 0.05) is 5.56 Å². The fourth-order valence-electron chi connectivity index (χ4n) is 3.58. The molecule has 0 aliphatic carbocycles. The van der Waals surface area contributed by atoms with E-state index in [1.54, 1.807) is 37.3 Å². The van der Waals surface area contributed by atoms with Crippen LogP contribution in [0.25, 0.3) is 22.1 Å². The number of carbonyl (C=O) groups is 1. The van der Waals surface area contributed by atoms with Crippen LogP contribution in [-0.2, 0) is 9.47 Å². The number of fused-ring (bicyclic) bond motifs is 2. The van der Waals surface area contributed by atoms with Crippen molar-refractivity contribution in [3.8, 4) is 0 Å². The van der Waals surface area contributed by atoms with Gasteiger partial charge in [0.1, 0.15) is 17.7 Å². The Balaban J connectivity index is 1.73. The molecule has 0 radical (unpaired) electrons. The highest BCUT2D eigenvalue weighted by Crippen LogP contribution is 2.27. The highest BCUT2D eigenvalue weighted by Gasteiger charge is 2.44. The molecule has 30 heavy (non-hydrogen) atoms. The maximum atomic E-state index is 12.8. The molecule has 1 saturated heterocycles. The van der Waals surface area contributed by atoms with Crippen molar-refractivity contribution in [1.29, 1.82) is 0 Å². The standard InChI is InChI=1S/C21H22N2O7/c1-9(24)11-5-3-7-13-15(11)22-14-8-4-6-12(16(14)23-13)20(27)30-19-18(26)17(25)10(2)29-21(19)28/h3-10,17-19,21,24-26,28H,1-2H3/t9?,10-,17-,18+,19-,21-/m0/s1. The maximum Gasteiger partial charge on any atom is 0.340 e. The van der Waals surface area contributed by atoms with Gasteiger partial charge in [-0.25, -0.2) is 14.8 Å². The van der Waals surface area contributed by atoms with E-state index in [2.05, 4.69) is 9.97 Å². The molecule has 2 heterocycles. The third-order valence-corrected chi connectivity index (χ3v) is 5.24. The molecule has 4 N–H and O–H groups in total. The lowest BCUT2D eigenvalue weighted by molar-refractivity contribution is -0.276. The van der Waals surface area contributed by atoms with Crippen LogP contribution in [0, 0.1) is 0 Å². The lowest BCUT2D eigenvalue weighted by Gasteiger charge is -2.38. The Bertz CT molecular complexity index is 1100. The van der Waals surface area contributed by atoms with Gasteiger partial charge in [0.05, 0.1) is 34.3 Å². The normalized spacial score (nSPS) is 27.9. The topological polar surface area (TPSA) is 142 Å². The molecular formula is C21H22N2O7. The van der Waals surface area contributed by atoms with Crippen LogP contribution in [0.4, 0.5) is 0 Å². The van der Waals surface area contributed by atoms with Crippen LogP contribution >= 0.6 is 0 Å². The average Bonchev–Trinajstić information content (AvgIpc) is 2.72. The molecule has 1 fully saturated rings. The lowest BCUT2D eigenvalue weighted by atomic mass is 10.00. The first-order valence-corrected chi connectivity index (χ1v) is 9.56. The average molecular weight is 414 g/mol. The summed E-state index contributed by atoms with van der Waals surface area (Å²) in [6.07, 6.45) is -7.43. The van der Waals surface area contributed by atoms with Crippen molar-refractivity contribution in [2.24, 2.45) is 0 Å². The summed E-state index contributed by atoms with van der Waals surface area (Å²) in [6, 6.07) is 9.98. The Morgan fingerprint density at radius 3 is 2.37 bits per heavy atom. The Morgan fingerprint density at radius 2 is 1.67 bits per heavy atom. The molecule has 0 saturated carbocycles. The molecule has 1 aliphatic rings. The summed E-state index contributed by atoms with van der Waals surface area (Å²) in [6.45, 7) is 3.12. The zero-order valence-corrected chi connectivity index (χ0v) is 16.3. The van der Waals surface area contributed by atoms with Crippen LogP contribution < -0.4 is 0 Å². The molecule has 158 valence electrons. The number of ether oxygens (including phenoxy) is 2. The number of carbonyl (C=O) groups excluding carboxylic acids is 1. The number of esters is 1. The van der Waals surface area contributed by atoms with Crippen LogP contribution in [0.2, 0.25) is 0 Å². The fraction of sp³-hybridized carbons (Fsp3) is 0.381. The lowest BCUT2D eigenvalue weighted by Crippen LogP contribution is -2.58. The first-order chi connectivity index (χ1) is 14.3. The Kier molecular flexibility index (Phi) is 5.39. The number of benzene rings is 2. The molecule has 1 aromatic heterocycles. The van der Waals surface area contributed by atoms with Crippen molar-refractivity contribution in [1.82, 2.24) is 9.97 Å². The molecule has 0 amide bonds. The second-order valence-corrected chi connectivity index (χ2v) is 7.37. The summed E-state index contributed by atoms with van der Waals surface area (Å²) in [5.41, 5.74) is 2.40. The van der Waals surface area contributed by atoms with Crippen molar-refractivity contribution in [3.63, 3.8) is 0 Å². The minimum Gasteiger partial charge on any atom is -0.450 e. The summed E-state index contributed by atoms with van der Waals surface area (Å²) >= 11 is 0. The van der Waals surface area contributed by atoms with E-state index in [0.29, 0.717) is 22.1 Å². The first kappa shape index (κ1) is 20.6. The number of aromatic nitrogens is 2. The van der Waals surface area contributed by atoms with Gasteiger partial charge < -0.3 is 29.9 Å². The fourth-order valence-corrected chi connectivity index (χ4v) is 3.58. The summed E-state index contributed by atoms with van der Waals surface area (Å²) in [5.74, 6) is -0.852. The van der Waals surface area contributed by atoms with Gasteiger partial charge >= 0.3 is 5.97 Å². The predicted molar refractivity (Wildman–Crippen MR) is 105 cm³/mol. The van der Waals surface area contributed by atoms with Gasteiger partial charge in [-0.05, 0) is 32.0 Å². The van der Waals surface area contributed by atoms with Gasteiger partial charge in [-0.2, -0.15) is 0 Å². The SMILES string of the molecule is CC(O)c1cccc2nc3c(C(=O)O[C@H]4[C@H](O)[C@@H](O)[C@H](C)O[C@@H]4O)cccc3nc12. The number of hydrogen-bond donors (Lipinski definition) is 4. The van der Waals surface area contributed by atoms with Crippen molar-refractivity contribution in [2.45, 2.75) is 50.7 Å². The summed E-state index contributed by atoms with van der Waals surface area (Å²) in [4.78, 5) is 21.9. The second kappa shape index (κ2) is 7.86. The highest BCUT2D eigenvalue weighted by atomic mass is 16.7. The van der Waals surface area contributed by atoms with Crippen molar-refractivity contribution >= 4 is 28.0 Å². The van der Waals surface area contributed by atoms with Gasteiger partial charge in [-0.15, -0.1) is 0 Å². The van der Waals surface area contributed by atoms with E-state index in [0.717, 1.165) is 0 Å². The van der Waals surface area contributed by atoms with Crippen molar-refractivity contribution in [2.75, 3.05) is 0 Å². The molecule has 3 aromatic rings. The Labute approximate surface area is 171 Å². The molecule has 0 bridgehead atoms. The number of aliphatic hydroxyl groups excluding tert-OH is 4. The van der Waals surface area contributed by atoms with Gasteiger partial charge in [-0.1, -0.05) is 18.2 Å². The van der Waals surface area contributed by atoms with Crippen LogP contribution in [-0.4, -0.2) is 67.1 Å². The minimum atomic E-state index is -1.59. The Hall–Kier alpha value is -2.69. The molecule has 9 heteroatoms. The van der Waals surface area contributed by atoms with E-state index in [-0.39, 0.29) is 11.1 Å². The van der Waals surface area contributed by atoms with Gasteiger partial charge in [0.2, 0.25) is 0 Å².